The molecule has 0 spiro atoms. The molecule has 1 aromatic heterocycles. The van der Waals surface area contributed by atoms with Crippen LogP contribution in [0.2, 0.25) is 10.0 Å². The number of methoxy groups -OCH3 is 2. The van der Waals surface area contributed by atoms with Gasteiger partial charge in [0.25, 0.3) is 11.5 Å². The standard InChI is InChI=1S/C34H33Cl2N3O5S/c1-6-38(7-2)33(41)30-20(3)37-34-39(31(30)26-18-24(42-4)13-14-28(26)43-5)32(40)29(45-34)16-21-9-8-10-25(15-21)44-19-22-11-12-23(35)17-27(22)36/h8-18,31H,6-7,19H2,1-5H3/b29-16+/t31-/m0/s1. The number of thiazole rings is 1. The summed E-state index contributed by atoms with van der Waals surface area (Å²) < 4.78 is 19.3. The number of rotatable bonds is 10. The molecule has 0 radical (unpaired) electrons. The summed E-state index contributed by atoms with van der Waals surface area (Å²) in [4.78, 5) is 35.1. The normalized spacial score (nSPS) is 14.6. The highest BCUT2D eigenvalue weighted by Gasteiger charge is 2.36. The Labute approximate surface area is 275 Å². The second-order valence-electron chi connectivity index (χ2n) is 10.3. The number of carbonyl (C=O) groups excluding carboxylic acids is 1. The van der Waals surface area contributed by atoms with E-state index in [0.717, 1.165) is 11.1 Å². The highest BCUT2D eigenvalue weighted by molar-refractivity contribution is 7.07. The maximum atomic E-state index is 14.2. The van der Waals surface area contributed by atoms with Gasteiger partial charge >= 0.3 is 0 Å². The molecule has 0 saturated heterocycles. The summed E-state index contributed by atoms with van der Waals surface area (Å²) in [6, 6.07) is 17.3. The summed E-state index contributed by atoms with van der Waals surface area (Å²) in [5, 5.41) is 1.08. The molecule has 0 bridgehead atoms. The Morgan fingerprint density at radius 3 is 2.49 bits per heavy atom. The van der Waals surface area contributed by atoms with Crippen molar-refractivity contribution in [3.63, 3.8) is 0 Å². The smallest absolute Gasteiger partial charge is 0.271 e. The van der Waals surface area contributed by atoms with Crippen LogP contribution in [-0.4, -0.2) is 42.7 Å². The first-order chi connectivity index (χ1) is 21.7. The third-order valence-electron chi connectivity index (χ3n) is 7.60. The zero-order chi connectivity index (χ0) is 32.2. The molecule has 1 atom stereocenters. The molecule has 234 valence electrons. The van der Waals surface area contributed by atoms with E-state index in [-0.39, 0.29) is 18.1 Å². The highest BCUT2D eigenvalue weighted by Crippen LogP contribution is 2.38. The quantitative estimate of drug-likeness (QED) is 0.207. The van der Waals surface area contributed by atoms with E-state index >= 15 is 0 Å². The Hall–Kier alpha value is -4.05. The van der Waals surface area contributed by atoms with E-state index in [1.165, 1.54) is 11.3 Å². The topological polar surface area (TPSA) is 82.4 Å². The van der Waals surface area contributed by atoms with Crippen LogP contribution in [0.3, 0.4) is 0 Å². The van der Waals surface area contributed by atoms with Gasteiger partial charge in [-0.25, -0.2) is 4.99 Å². The summed E-state index contributed by atoms with van der Waals surface area (Å²) in [5.41, 5.74) is 2.89. The molecule has 45 heavy (non-hydrogen) atoms. The van der Waals surface area contributed by atoms with E-state index in [9.17, 15) is 9.59 Å². The number of likely N-dealkylation sites (N-methyl/N-ethyl adjacent to an activating group) is 1. The van der Waals surface area contributed by atoms with Crippen molar-refractivity contribution >= 4 is 46.5 Å². The molecule has 1 aliphatic rings. The predicted molar refractivity (Wildman–Crippen MR) is 178 cm³/mol. The first kappa shape index (κ1) is 32.3. The number of amides is 1. The summed E-state index contributed by atoms with van der Waals surface area (Å²) in [5.74, 6) is 1.54. The van der Waals surface area contributed by atoms with Crippen LogP contribution in [0.25, 0.3) is 6.08 Å². The van der Waals surface area contributed by atoms with Gasteiger partial charge in [-0.3, -0.25) is 14.2 Å². The van der Waals surface area contributed by atoms with Gasteiger partial charge in [-0.2, -0.15) is 0 Å². The van der Waals surface area contributed by atoms with Crippen LogP contribution >= 0.6 is 34.5 Å². The van der Waals surface area contributed by atoms with Gasteiger partial charge in [-0.05, 0) is 74.9 Å². The molecule has 0 aliphatic carbocycles. The lowest BCUT2D eigenvalue weighted by molar-refractivity contribution is -0.127. The Bertz CT molecular complexity index is 1960. The lowest BCUT2D eigenvalue weighted by atomic mass is 9.93. The number of hydrogen-bond acceptors (Lipinski definition) is 7. The number of ether oxygens (including phenoxy) is 3. The lowest BCUT2D eigenvalue weighted by Crippen LogP contribution is -2.43. The summed E-state index contributed by atoms with van der Waals surface area (Å²) in [7, 11) is 3.13. The van der Waals surface area contributed by atoms with Crippen LogP contribution < -0.4 is 29.1 Å². The molecule has 0 saturated carbocycles. The average Bonchev–Trinajstić information content (AvgIpc) is 3.33. The Balaban J connectivity index is 1.60. The minimum absolute atomic E-state index is 0.184. The molecular formula is C34H33Cl2N3O5S. The van der Waals surface area contributed by atoms with E-state index in [4.69, 9.17) is 42.4 Å². The molecular weight excluding hydrogens is 633 g/mol. The van der Waals surface area contributed by atoms with Gasteiger partial charge < -0.3 is 19.1 Å². The second kappa shape index (κ2) is 13.9. The Morgan fingerprint density at radius 1 is 1.02 bits per heavy atom. The van der Waals surface area contributed by atoms with Crippen molar-refractivity contribution in [3.05, 3.63) is 118 Å². The van der Waals surface area contributed by atoms with Crippen molar-refractivity contribution in [1.29, 1.82) is 0 Å². The molecule has 2 heterocycles. The van der Waals surface area contributed by atoms with E-state index in [0.29, 0.717) is 66.6 Å². The van der Waals surface area contributed by atoms with Crippen LogP contribution in [-0.2, 0) is 11.4 Å². The molecule has 0 unspecified atom stereocenters. The van der Waals surface area contributed by atoms with Crippen molar-refractivity contribution < 1.29 is 19.0 Å². The van der Waals surface area contributed by atoms with E-state index < -0.39 is 6.04 Å². The van der Waals surface area contributed by atoms with Crippen molar-refractivity contribution in [2.24, 2.45) is 4.99 Å². The number of fused-ring (bicyclic) bond motifs is 1. The number of halogens is 2. The molecule has 3 aromatic carbocycles. The maximum absolute atomic E-state index is 14.2. The number of benzene rings is 3. The molecule has 5 rings (SSSR count). The monoisotopic (exact) mass is 665 g/mol. The molecule has 0 N–H and O–H groups in total. The molecule has 0 fully saturated rings. The summed E-state index contributed by atoms with van der Waals surface area (Å²) >= 11 is 13.6. The van der Waals surface area contributed by atoms with Crippen LogP contribution in [0.4, 0.5) is 0 Å². The fourth-order valence-corrected chi connectivity index (χ4v) is 6.78. The van der Waals surface area contributed by atoms with Crippen molar-refractivity contribution in [1.82, 2.24) is 9.47 Å². The van der Waals surface area contributed by atoms with Crippen molar-refractivity contribution in [3.8, 4) is 17.2 Å². The van der Waals surface area contributed by atoms with Crippen LogP contribution in [0, 0.1) is 0 Å². The molecule has 11 heteroatoms. The van der Waals surface area contributed by atoms with Gasteiger partial charge in [0.05, 0.1) is 30.0 Å². The largest absolute Gasteiger partial charge is 0.497 e. The van der Waals surface area contributed by atoms with Gasteiger partial charge in [0.1, 0.15) is 29.9 Å². The lowest BCUT2D eigenvalue weighted by Gasteiger charge is -2.30. The fraction of sp³-hybridized carbons (Fsp3) is 0.265. The molecule has 1 aliphatic heterocycles. The average molecular weight is 667 g/mol. The van der Waals surface area contributed by atoms with Crippen LogP contribution in [0.15, 0.2) is 81.7 Å². The molecule has 8 nitrogen and oxygen atoms in total. The van der Waals surface area contributed by atoms with E-state index in [1.807, 2.05) is 50.2 Å². The van der Waals surface area contributed by atoms with Crippen LogP contribution in [0.1, 0.15) is 43.5 Å². The van der Waals surface area contributed by atoms with Gasteiger partial charge in [0.15, 0.2) is 4.80 Å². The minimum Gasteiger partial charge on any atom is -0.497 e. The molecule has 1 amide bonds. The highest BCUT2D eigenvalue weighted by atomic mass is 35.5. The first-order valence-corrected chi connectivity index (χ1v) is 16.0. The van der Waals surface area contributed by atoms with Crippen molar-refractivity contribution in [2.45, 2.75) is 33.4 Å². The summed E-state index contributed by atoms with van der Waals surface area (Å²) in [6.45, 7) is 6.95. The Kier molecular flexibility index (Phi) is 10.0. The first-order valence-electron chi connectivity index (χ1n) is 14.4. The zero-order valence-corrected chi connectivity index (χ0v) is 27.9. The van der Waals surface area contributed by atoms with Crippen molar-refractivity contribution in [2.75, 3.05) is 27.3 Å². The van der Waals surface area contributed by atoms with Crippen LogP contribution in [0.5, 0.6) is 17.2 Å². The number of allylic oxidation sites excluding steroid dienone is 1. The Morgan fingerprint density at radius 2 is 1.80 bits per heavy atom. The van der Waals surface area contributed by atoms with E-state index in [1.54, 1.807) is 61.0 Å². The SMILES string of the molecule is CCN(CC)C(=O)C1=C(C)N=c2s/c(=C/c3cccc(OCc4ccc(Cl)cc4Cl)c3)c(=O)n2[C@H]1c1cc(OC)ccc1OC. The van der Waals surface area contributed by atoms with Gasteiger partial charge in [-0.1, -0.05) is 52.7 Å². The van der Waals surface area contributed by atoms with Gasteiger partial charge in [0.2, 0.25) is 0 Å². The number of aromatic nitrogens is 1. The predicted octanol–water partition coefficient (Wildman–Crippen LogP) is 6.01. The van der Waals surface area contributed by atoms with E-state index in [2.05, 4.69) is 0 Å². The second-order valence-corrected chi connectivity index (χ2v) is 12.1. The minimum atomic E-state index is -0.777. The zero-order valence-electron chi connectivity index (χ0n) is 25.6. The number of hydrogen-bond donors (Lipinski definition) is 0. The number of carbonyl (C=O) groups is 1. The maximum Gasteiger partial charge on any atom is 0.271 e. The van der Waals surface area contributed by atoms with Gasteiger partial charge in [0, 0.05) is 34.3 Å². The third kappa shape index (κ3) is 6.66. The molecule has 4 aromatic rings. The van der Waals surface area contributed by atoms with Gasteiger partial charge in [-0.15, -0.1) is 0 Å². The number of nitrogens with zero attached hydrogens (tertiary/aromatic N) is 3. The summed E-state index contributed by atoms with van der Waals surface area (Å²) in [6.07, 6.45) is 1.80. The fourth-order valence-electron chi connectivity index (χ4n) is 5.27. The third-order valence-corrected chi connectivity index (χ3v) is 9.17.